The summed E-state index contributed by atoms with van der Waals surface area (Å²) in [6.45, 7) is 2.95. The molecule has 1 N–H and O–H groups in total. The number of hydrogen-bond acceptors (Lipinski definition) is 3. The first-order valence-electron chi connectivity index (χ1n) is 5.89. The lowest BCUT2D eigenvalue weighted by molar-refractivity contribution is -0.141. The highest BCUT2D eigenvalue weighted by Gasteiger charge is 2.19. The monoisotopic (exact) mass is 314 g/mol. The molecule has 2 rings (SSSR count). The number of aliphatic carboxylic acids is 1. The third-order valence-corrected chi connectivity index (χ3v) is 3.75. The smallest absolute Gasteiger partial charge is 0.306 e. The summed E-state index contributed by atoms with van der Waals surface area (Å²) >= 11 is 3.48. The fourth-order valence-corrected chi connectivity index (χ4v) is 2.42. The Hall–Kier alpha value is -1.23. The van der Waals surface area contributed by atoms with Crippen molar-refractivity contribution >= 4 is 21.9 Å². The van der Waals surface area contributed by atoms with Crippen LogP contribution in [0.25, 0.3) is 0 Å². The molecule has 0 saturated carbocycles. The van der Waals surface area contributed by atoms with E-state index in [1.54, 1.807) is 6.92 Å². The van der Waals surface area contributed by atoms with Crippen molar-refractivity contribution in [2.45, 2.75) is 19.8 Å². The van der Waals surface area contributed by atoms with Gasteiger partial charge in [0.15, 0.2) is 11.5 Å². The Bertz CT molecular complexity index is 459. The molecule has 98 valence electrons. The lowest BCUT2D eigenvalue weighted by atomic mass is 10.0. The van der Waals surface area contributed by atoms with Gasteiger partial charge < -0.3 is 14.6 Å². The van der Waals surface area contributed by atoms with Crippen molar-refractivity contribution in [1.82, 2.24) is 0 Å². The van der Waals surface area contributed by atoms with Crippen LogP contribution in [0.2, 0.25) is 0 Å². The summed E-state index contributed by atoms with van der Waals surface area (Å²) in [4.78, 5) is 10.9. The van der Waals surface area contributed by atoms with Gasteiger partial charge in [-0.2, -0.15) is 0 Å². The molecule has 4 nitrogen and oxygen atoms in total. The zero-order chi connectivity index (χ0) is 13.1. The fourth-order valence-electron chi connectivity index (χ4n) is 1.82. The first-order valence-corrected chi connectivity index (χ1v) is 6.68. The van der Waals surface area contributed by atoms with E-state index in [4.69, 9.17) is 14.6 Å². The van der Waals surface area contributed by atoms with Crippen LogP contribution in [0, 0.1) is 5.92 Å². The highest BCUT2D eigenvalue weighted by atomic mass is 79.9. The average molecular weight is 315 g/mol. The van der Waals surface area contributed by atoms with Crippen molar-refractivity contribution < 1.29 is 19.4 Å². The summed E-state index contributed by atoms with van der Waals surface area (Å²) in [7, 11) is 0. The second kappa shape index (κ2) is 5.61. The van der Waals surface area contributed by atoms with E-state index >= 15 is 0 Å². The van der Waals surface area contributed by atoms with Crippen LogP contribution in [-0.4, -0.2) is 24.3 Å². The molecular formula is C13H15BrO4. The third kappa shape index (κ3) is 2.77. The third-order valence-electron chi connectivity index (χ3n) is 2.88. The molecule has 0 fully saturated rings. The Balaban J connectivity index is 2.28. The van der Waals surface area contributed by atoms with Crippen LogP contribution in [0.1, 0.15) is 18.9 Å². The maximum atomic E-state index is 10.9. The highest BCUT2D eigenvalue weighted by Crippen LogP contribution is 2.39. The Morgan fingerprint density at radius 3 is 2.89 bits per heavy atom. The van der Waals surface area contributed by atoms with Crippen LogP contribution in [0.3, 0.4) is 0 Å². The Labute approximate surface area is 114 Å². The summed E-state index contributed by atoms with van der Waals surface area (Å²) in [5.41, 5.74) is 0.925. The number of carboxylic acids is 1. The number of carbonyl (C=O) groups is 1. The second-order valence-corrected chi connectivity index (χ2v) is 5.15. The maximum absolute atomic E-state index is 10.9. The van der Waals surface area contributed by atoms with Gasteiger partial charge in [0.2, 0.25) is 0 Å². The van der Waals surface area contributed by atoms with Gasteiger partial charge in [-0.05, 0) is 34.0 Å². The molecule has 0 amide bonds. The van der Waals surface area contributed by atoms with Crippen LogP contribution in [0.4, 0.5) is 0 Å². The quantitative estimate of drug-likeness (QED) is 0.932. The lowest BCUT2D eigenvalue weighted by Gasteiger charge is -2.14. The maximum Gasteiger partial charge on any atom is 0.306 e. The molecule has 18 heavy (non-hydrogen) atoms. The van der Waals surface area contributed by atoms with Crippen molar-refractivity contribution in [1.29, 1.82) is 0 Å². The van der Waals surface area contributed by atoms with Crippen LogP contribution in [-0.2, 0) is 11.2 Å². The molecule has 0 aromatic heterocycles. The van der Waals surface area contributed by atoms with Gasteiger partial charge in [0.25, 0.3) is 0 Å². The largest absolute Gasteiger partial charge is 0.490 e. The van der Waals surface area contributed by atoms with E-state index in [1.807, 2.05) is 12.1 Å². The molecule has 1 atom stereocenters. The molecule has 0 aliphatic carbocycles. The molecule has 0 radical (unpaired) electrons. The molecule has 1 aromatic carbocycles. The standard InChI is InChI=1S/C13H15BrO4/c1-8(13(15)16)7-9-3-4-10-12(11(9)14)18-6-2-5-17-10/h3-4,8H,2,5-7H2,1H3,(H,15,16). The Morgan fingerprint density at radius 1 is 1.44 bits per heavy atom. The van der Waals surface area contributed by atoms with Gasteiger partial charge >= 0.3 is 5.97 Å². The van der Waals surface area contributed by atoms with Crippen LogP contribution < -0.4 is 9.47 Å². The van der Waals surface area contributed by atoms with E-state index in [9.17, 15) is 4.79 Å². The molecule has 1 heterocycles. The van der Waals surface area contributed by atoms with Crippen LogP contribution >= 0.6 is 15.9 Å². The molecule has 1 unspecified atom stereocenters. The molecule has 0 saturated heterocycles. The Kier molecular flexibility index (Phi) is 4.11. The van der Waals surface area contributed by atoms with Gasteiger partial charge in [0, 0.05) is 6.42 Å². The number of rotatable bonds is 3. The molecule has 1 aliphatic rings. The number of hydrogen-bond donors (Lipinski definition) is 1. The van der Waals surface area contributed by atoms with E-state index in [-0.39, 0.29) is 0 Å². The predicted octanol–water partition coefficient (Wildman–Crippen LogP) is 2.87. The summed E-state index contributed by atoms with van der Waals surface area (Å²) in [6, 6.07) is 3.73. The van der Waals surface area contributed by atoms with Crippen molar-refractivity contribution in [2.75, 3.05) is 13.2 Å². The van der Waals surface area contributed by atoms with Crippen molar-refractivity contribution in [3.05, 3.63) is 22.2 Å². The van der Waals surface area contributed by atoms with Gasteiger partial charge in [-0.25, -0.2) is 0 Å². The SMILES string of the molecule is CC(Cc1ccc2c(c1Br)OCCCO2)C(=O)O. The number of fused-ring (bicyclic) bond motifs is 1. The minimum atomic E-state index is -0.797. The highest BCUT2D eigenvalue weighted by molar-refractivity contribution is 9.10. The molecule has 0 bridgehead atoms. The fraction of sp³-hybridized carbons (Fsp3) is 0.462. The van der Waals surface area contributed by atoms with Gasteiger partial charge in [0.1, 0.15) is 0 Å². The minimum absolute atomic E-state index is 0.425. The van der Waals surface area contributed by atoms with E-state index in [2.05, 4.69) is 15.9 Å². The number of halogens is 1. The van der Waals surface area contributed by atoms with Crippen LogP contribution in [0.5, 0.6) is 11.5 Å². The second-order valence-electron chi connectivity index (χ2n) is 4.36. The van der Waals surface area contributed by atoms with Gasteiger partial charge in [0.05, 0.1) is 23.6 Å². The van der Waals surface area contributed by atoms with Gasteiger partial charge in [-0.1, -0.05) is 13.0 Å². The predicted molar refractivity (Wildman–Crippen MR) is 70.3 cm³/mol. The summed E-state index contributed by atoms with van der Waals surface area (Å²) < 4.78 is 12.0. The number of carboxylic acid groups (broad SMARTS) is 1. The first kappa shape index (κ1) is 13.2. The molecule has 5 heteroatoms. The first-order chi connectivity index (χ1) is 8.59. The van der Waals surface area contributed by atoms with E-state index in [0.717, 1.165) is 16.5 Å². The molecule has 1 aromatic rings. The number of ether oxygens (including phenoxy) is 2. The molecular weight excluding hydrogens is 300 g/mol. The normalized spacial score (nSPS) is 15.9. The molecule has 1 aliphatic heterocycles. The Morgan fingerprint density at radius 2 is 2.17 bits per heavy atom. The van der Waals surface area contributed by atoms with E-state index < -0.39 is 11.9 Å². The van der Waals surface area contributed by atoms with Crippen molar-refractivity contribution in [3.8, 4) is 11.5 Å². The topological polar surface area (TPSA) is 55.8 Å². The van der Waals surface area contributed by atoms with Crippen molar-refractivity contribution in [2.24, 2.45) is 5.92 Å². The minimum Gasteiger partial charge on any atom is -0.490 e. The average Bonchev–Trinajstić information content (AvgIpc) is 2.58. The van der Waals surface area contributed by atoms with E-state index in [1.165, 1.54) is 0 Å². The zero-order valence-corrected chi connectivity index (χ0v) is 11.7. The van der Waals surface area contributed by atoms with Crippen molar-refractivity contribution in [3.63, 3.8) is 0 Å². The molecule has 0 spiro atoms. The lowest BCUT2D eigenvalue weighted by Crippen LogP contribution is -2.12. The summed E-state index contributed by atoms with van der Waals surface area (Å²) in [5, 5.41) is 8.95. The van der Waals surface area contributed by atoms with E-state index in [0.29, 0.717) is 31.1 Å². The number of benzene rings is 1. The van der Waals surface area contributed by atoms with Crippen LogP contribution in [0.15, 0.2) is 16.6 Å². The summed E-state index contributed by atoms with van der Waals surface area (Å²) in [5.74, 6) is 0.175. The zero-order valence-electron chi connectivity index (χ0n) is 10.1. The summed E-state index contributed by atoms with van der Waals surface area (Å²) in [6.07, 6.45) is 1.31. The van der Waals surface area contributed by atoms with Gasteiger partial charge in [-0.15, -0.1) is 0 Å². The van der Waals surface area contributed by atoms with Gasteiger partial charge in [-0.3, -0.25) is 4.79 Å².